The number of rotatable bonds is 4. The van der Waals surface area contributed by atoms with E-state index in [1.165, 1.54) is 0 Å². The van der Waals surface area contributed by atoms with Crippen LogP contribution in [0.3, 0.4) is 0 Å². The highest BCUT2D eigenvalue weighted by Gasteiger charge is 2.28. The van der Waals surface area contributed by atoms with Crippen LogP contribution in [-0.2, 0) is 17.6 Å². The SMILES string of the molecule is CCc1cccc(CC)c1NC(=O)N1CCCC(C(=O)O)C1. The van der Waals surface area contributed by atoms with Gasteiger partial charge in [0.15, 0.2) is 0 Å². The topological polar surface area (TPSA) is 69.6 Å². The largest absolute Gasteiger partial charge is 0.481 e. The summed E-state index contributed by atoms with van der Waals surface area (Å²) < 4.78 is 0. The maximum atomic E-state index is 12.5. The summed E-state index contributed by atoms with van der Waals surface area (Å²) in [5.41, 5.74) is 3.11. The van der Waals surface area contributed by atoms with Crippen LogP contribution >= 0.6 is 0 Å². The number of carboxylic acid groups (broad SMARTS) is 1. The van der Waals surface area contributed by atoms with Crippen molar-refractivity contribution >= 4 is 17.7 Å². The van der Waals surface area contributed by atoms with Gasteiger partial charge in [0.25, 0.3) is 0 Å². The Morgan fingerprint density at radius 2 is 1.91 bits per heavy atom. The van der Waals surface area contributed by atoms with Crippen LogP contribution in [0.4, 0.5) is 10.5 Å². The Hall–Kier alpha value is -2.04. The van der Waals surface area contributed by atoms with E-state index >= 15 is 0 Å². The van der Waals surface area contributed by atoms with Crippen LogP contribution in [0, 0.1) is 5.92 Å². The first-order valence-corrected chi connectivity index (χ1v) is 7.96. The molecule has 22 heavy (non-hydrogen) atoms. The molecule has 1 aromatic rings. The van der Waals surface area contributed by atoms with Crippen molar-refractivity contribution in [3.8, 4) is 0 Å². The van der Waals surface area contributed by atoms with Crippen molar-refractivity contribution in [3.05, 3.63) is 29.3 Å². The Balaban J connectivity index is 2.13. The number of anilines is 1. The molecule has 0 saturated carbocycles. The molecular weight excluding hydrogens is 280 g/mol. The van der Waals surface area contributed by atoms with Gasteiger partial charge in [-0.2, -0.15) is 0 Å². The predicted molar refractivity (Wildman–Crippen MR) is 86.1 cm³/mol. The molecule has 0 spiro atoms. The molecule has 1 aliphatic heterocycles. The zero-order valence-electron chi connectivity index (χ0n) is 13.3. The molecule has 0 aliphatic carbocycles. The van der Waals surface area contributed by atoms with Crippen molar-refractivity contribution in [1.29, 1.82) is 0 Å². The number of carbonyl (C=O) groups is 2. The zero-order chi connectivity index (χ0) is 16.1. The van der Waals surface area contributed by atoms with Crippen molar-refractivity contribution < 1.29 is 14.7 Å². The van der Waals surface area contributed by atoms with Crippen molar-refractivity contribution in [2.45, 2.75) is 39.5 Å². The number of benzene rings is 1. The molecule has 5 nitrogen and oxygen atoms in total. The smallest absolute Gasteiger partial charge is 0.321 e. The summed E-state index contributed by atoms with van der Waals surface area (Å²) >= 11 is 0. The first-order chi connectivity index (χ1) is 10.6. The van der Waals surface area contributed by atoms with Gasteiger partial charge in [0.05, 0.1) is 5.92 Å². The number of carboxylic acids is 1. The minimum atomic E-state index is -0.819. The van der Waals surface area contributed by atoms with Crippen LogP contribution in [0.25, 0.3) is 0 Å². The molecular formula is C17H24N2O3. The predicted octanol–water partition coefficient (Wildman–Crippen LogP) is 3.14. The second-order valence-corrected chi connectivity index (χ2v) is 5.71. The molecule has 1 unspecified atom stereocenters. The van der Waals surface area contributed by atoms with Crippen LogP contribution in [0.5, 0.6) is 0 Å². The van der Waals surface area contributed by atoms with Gasteiger partial charge in [-0.1, -0.05) is 32.0 Å². The fourth-order valence-corrected chi connectivity index (χ4v) is 2.95. The van der Waals surface area contributed by atoms with Gasteiger partial charge in [-0.25, -0.2) is 4.79 Å². The molecule has 0 bridgehead atoms. The molecule has 1 aromatic carbocycles. The van der Waals surface area contributed by atoms with Gasteiger partial charge in [-0.3, -0.25) is 4.79 Å². The number of amides is 2. The number of nitrogens with one attached hydrogen (secondary N) is 1. The number of piperidine rings is 1. The first-order valence-electron chi connectivity index (χ1n) is 7.96. The minimum Gasteiger partial charge on any atom is -0.481 e. The Morgan fingerprint density at radius 1 is 1.27 bits per heavy atom. The van der Waals surface area contributed by atoms with Gasteiger partial charge in [-0.05, 0) is 36.8 Å². The summed E-state index contributed by atoms with van der Waals surface area (Å²) in [6.07, 6.45) is 3.08. The second kappa shape index (κ2) is 7.29. The van der Waals surface area contributed by atoms with Gasteiger partial charge >= 0.3 is 12.0 Å². The number of aryl methyl sites for hydroxylation is 2. The number of likely N-dealkylation sites (tertiary alicyclic amines) is 1. The molecule has 1 fully saturated rings. The van der Waals surface area contributed by atoms with Crippen LogP contribution in [-0.4, -0.2) is 35.1 Å². The number of urea groups is 1. The minimum absolute atomic E-state index is 0.193. The number of aliphatic carboxylic acids is 1. The van der Waals surface area contributed by atoms with E-state index in [1.807, 2.05) is 18.2 Å². The molecule has 2 rings (SSSR count). The molecule has 0 radical (unpaired) electrons. The average Bonchev–Trinajstić information content (AvgIpc) is 2.55. The number of para-hydroxylation sites is 1. The molecule has 5 heteroatoms. The van der Waals surface area contributed by atoms with E-state index in [4.69, 9.17) is 5.11 Å². The highest BCUT2D eigenvalue weighted by atomic mass is 16.4. The van der Waals surface area contributed by atoms with Crippen molar-refractivity contribution in [1.82, 2.24) is 4.90 Å². The molecule has 120 valence electrons. The third-order valence-electron chi connectivity index (χ3n) is 4.29. The van der Waals surface area contributed by atoms with E-state index in [0.717, 1.165) is 36.1 Å². The number of hydrogen-bond donors (Lipinski definition) is 2. The van der Waals surface area contributed by atoms with Gasteiger partial charge in [0, 0.05) is 18.8 Å². The first kappa shape index (κ1) is 16.3. The Morgan fingerprint density at radius 3 is 2.45 bits per heavy atom. The van der Waals surface area contributed by atoms with E-state index in [2.05, 4.69) is 19.2 Å². The Kier molecular flexibility index (Phi) is 5.41. The molecule has 1 heterocycles. The second-order valence-electron chi connectivity index (χ2n) is 5.71. The van der Waals surface area contributed by atoms with E-state index in [1.54, 1.807) is 4.90 Å². The Bertz CT molecular complexity index is 535. The summed E-state index contributed by atoms with van der Waals surface area (Å²) in [5, 5.41) is 12.1. The lowest BCUT2D eigenvalue weighted by molar-refractivity contribution is -0.143. The molecule has 2 amide bonds. The monoisotopic (exact) mass is 304 g/mol. The lowest BCUT2D eigenvalue weighted by Crippen LogP contribution is -2.44. The van der Waals surface area contributed by atoms with Crippen LogP contribution in [0.15, 0.2) is 18.2 Å². The van der Waals surface area contributed by atoms with E-state index < -0.39 is 11.9 Å². The average molecular weight is 304 g/mol. The molecule has 2 N–H and O–H groups in total. The molecule has 1 saturated heterocycles. The highest BCUT2D eigenvalue weighted by molar-refractivity contribution is 5.91. The van der Waals surface area contributed by atoms with Gasteiger partial charge < -0.3 is 15.3 Å². The van der Waals surface area contributed by atoms with Gasteiger partial charge in [-0.15, -0.1) is 0 Å². The zero-order valence-corrected chi connectivity index (χ0v) is 13.3. The van der Waals surface area contributed by atoms with E-state index in [9.17, 15) is 9.59 Å². The molecule has 1 aliphatic rings. The maximum absolute atomic E-state index is 12.5. The van der Waals surface area contributed by atoms with Crippen molar-refractivity contribution in [3.63, 3.8) is 0 Å². The van der Waals surface area contributed by atoms with Crippen LogP contribution in [0.1, 0.15) is 37.8 Å². The molecule has 0 aromatic heterocycles. The van der Waals surface area contributed by atoms with Gasteiger partial charge in [0.2, 0.25) is 0 Å². The van der Waals surface area contributed by atoms with E-state index in [-0.39, 0.29) is 12.6 Å². The van der Waals surface area contributed by atoms with Crippen molar-refractivity contribution in [2.75, 3.05) is 18.4 Å². The lowest BCUT2D eigenvalue weighted by atomic mass is 9.98. The van der Waals surface area contributed by atoms with E-state index in [0.29, 0.717) is 13.0 Å². The summed E-state index contributed by atoms with van der Waals surface area (Å²) in [5.74, 6) is -1.27. The molecule has 1 atom stereocenters. The van der Waals surface area contributed by atoms with Crippen LogP contribution in [0.2, 0.25) is 0 Å². The fourth-order valence-electron chi connectivity index (χ4n) is 2.95. The number of nitrogens with zero attached hydrogens (tertiary/aromatic N) is 1. The standard InChI is InChI=1S/C17H24N2O3/c1-3-12-7-5-8-13(4-2)15(12)18-17(22)19-10-6-9-14(11-19)16(20)21/h5,7-8,14H,3-4,6,9-11H2,1-2H3,(H,18,22)(H,20,21). The summed E-state index contributed by atoms with van der Waals surface area (Å²) in [4.78, 5) is 25.2. The number of hydrogen-bond acceptors (Lipinski definition) is 2. The summed E-state index contributed by atoms with van der Waals surface area (Å²) in [6, 6.07) is 5.85. The third-order valence-corrected chi connectivity index (χ3v) is 4.29. The quantitative estimate of drug-likeness (QED) is 0.898. The summed E-state index contributed by atoms with van der Waals surface area (Å²) in [6.45, 7) is 5.03. The van der Waals surface area contributed by atoms with Gasteiger partial charge in [0.1, 0.15) is 0 Å². The maximum Gasteiger partial charge on any atom is 0.321 e. The van der Waals surface area contributed by atoms with Crippen molar-refractivity contribution in [2.24, 2.45) is 5.92 Å². The third kappa shape index (κ3) is 3.59. The Labute approximate surface area is 131 Å². The fraction of sp³-hybridized carbons (Fsp3) is 0.529. The van der Waals surface area contributed by atoms with Crippen LogP contribution < -0.4 is 5.32 Å². The summed E-state index contributed by atoms with van der Waals surface area (Å²) in [7, 11) is 0. The highest BCUT2D eigenvalue weighted by Crippen LogP contribution is 2.24. The normalized spacial score (nSPS) is 18.1. The number of carbonyl (C=O) groups excluding carboxylic acids is 1. The lowest BCUT2D eigenvalue weighted by Gasteiger charge is -2.31.